The Hall–Kier alpha value is -2.96. The molecule has 1 N–H and O–H groups in total. The van der Waals surface area contributed by atoms with Gasteiger partial charge in [-0.25, -0.2) is 4.98 Å². The molecule has 25 heavy (non-hydrogen) atoms. The third-order valence-electron chi connectivity index (χ3n) is 4.41. The summed E-state index contributed by atoms with van der Waals surface area (Å²) in [5.74, 6) is 1.49. The van der Waals surface area contributed by atoms with Crippen LogP contribution in [-0.2, 0) is 12.8 Å². The van der Waals surface area contributed by atoms with Gasteiger partial charge in [0, 0.05) is 18.9 Å². The van der Waals surface area contributed by atoms with Gasteiger partial charge in [-0.15, -0.1) is 0 Å². The van der Waals surface area contributed by atoms with Gasteiger partial charge in [-0.1, -0.05) is 24.2 Å². The minimum atomic E-state index is -0.218. The van der Waals surface area contributed by atoms with Crippen molar-refractivity contribution in [3.63, 3.8) is 0 Å². The minimum absolute atomic E-state index is 0.0231. The summed E-state index contributed by atoms with van der Waals surface area (Å²) >= 11 is 0. The Bertz CT molecular complexity index is 928. The molecule has 2 aromatic heterocycles. The number of aryl methyl sites for hydroxylation is 3. The second-order valence-corrected chi connectivity index (χ2v) is 6.10. The maximum atomic E-state index is 12.3. The fourth-order valence-electron chi connectivity index (χ4n) is 3.12. The average molecular weight is 338 g/mol. The number of nitrogens with zero attached hydrogens (tertiary/aromatic N) is 3. The van der Waals surface area contributed by atoms with Crippen LogP contribution in [0.4, 0.5) is 0 Å². The lowest BCUT2D eigenvalue weighted by Gasteiger charge is -2.13. The fourth-order valence-corrected chi connectivity index (χ4v) is 3.12. The fraction of sp³-hybridized carbons (Fsp3) is 0.333. The van der Waals surface area contributed by atoms with Gasteiger partial charge >= 0.3 is 0 Å². The van der Waals surface area contributed by atoms with Crippen LogP contribution >= 0.6 is 0 Å². The Labute approximate surface area is 144 Å². The number of amides is 1. The van der Waals surface area contributed by atoms with Crippen molar-refractivity contribution in [1.29, 1.82) is 0 Å². The van der Waals surface area contributed by atoms with Crippen molar-refractivity contribution in [3.8, 4) is 11.4 Å². The van der Waals surface area contributed by atoms with Gasteiger partial charge in [0.25, 0.3) is 5.91 Å². The Morgan fingerprint density at radius 2 is 2.24 bits per heavy atom. The summed E-state index contributed by atoms with van der Waals surface area (Å²) < 4.78 is 10.3. The minimum Gasteiger partial charge on any atom is -0.448 e. The summed E-state index contributed by atoms with van der Waals surface area (Å²) in [7, 11) is 0. The first-order valence-electron chi connectivity index (χ1n) is 8.33. The van der Waals surface area contributed by atoms with Crippen molar-refractivity contribution in [2.45, 2.75) is 39.2 Å². The predicted octanol–water partition coefficient (Wildman–Crippen LogP) is 3.01. The molecule has 0 fully saturated rings. The molecule has 1 atom stereocenters. The average Bonchev–Trinajstić information content (AvgIpc) is 3.34. The molecule has 1 unspecified atom stereocenters. The van der Waals surface area contributed by atoms with Crippen molar-refractivity contribution in [2.24, 2.45) is 0 Å². The molecule has 7 nitrogen and oxygen atoms in total. The van der Waals surface area contributed by atoms with Crippen molar-refractivity contribution in [2.75, 3.05) is 0 Å². The zero-order valence-corrected chi connectivity index (χ0v) is 14.1. The quantitative estimate of drug-likeness (QED) is 0.786. The number of oxazole rings is 1. The van der Waals surface area contributed by atoms with Gasteiger partial charge in [-0.2, -0.15) is 4.98 Å². The van der Waals surface area contributed by atoms with E-state index in [1.807, 2.05) is 19.1 Å². The largest absolute Gasteiger partial charge is 0.448 e. The van der Waals surface area contributed by atoms with E-state index in [2.05, 4.69) is 26.5 Å². The first-order valence-corrected chi connectivity index (χ1v) is 8.33. The van der Waals surface area contributed by atoms with Crippen LogP contribution in [0.1, 0.15) is 52.8 Å². The number of aromatic nitrogens is 3. The van der Waals surface area contributed by atoms with Gasteiger partial charge in [0.05, 0.1) is 6.04 Å². The maximum absolute atomic E-state index is 12.3. The van der Waals surface area contributed by atoms with E-state index in [-0.39, 0.29) is 11.9 Å². The van der Waals surface area contributed by atoms with Crippen molar-refractivity contribution in [3.05, 3.63) is 53.1 Å². The smallest absolute Gasteiger partial charge is 0.273 e. The number of benzene rings is 1. The van der Waals surface area contributed by atoms with Crippen LogP contribution in [0.25, 0.3) is 11.4 Å². The van der Waals surface area contributed by atoms with Crippen molar-refractivity contribution >= 4 is 5.91 Å². The SMILES string of the molecule is CCc1nc(-c2ccc3c(c2)CCC3NC(=O)c2coc(C)n2)no1. The summed E-state index contributed by atoms with van der Waals surface area (Å²) in [5.41, 5.74) is 3.56. The lowest BCUT2D eigenvalue weighted by molar-refractivity contribution is 0.0931. The first-order chi connectivity index (χ1) is 12.1. The molecule has 0 bridgehead atoms. The molecule has 0 saturated carbocycles. The standard InChI is InChI=1S/C18H18N4O3/c1-3-16-21-17(22-25-16)12-4-6-13-11(8-12)5-7-14(13)20-18(23)15-9-24-10(2)19-15/h4,6,8-9,14H,3,5,7H2,1-2H3,(H,20,23). The van der Waals surface area contributed by atoms with Crippen LogP contribution in [0, 0.1) is 6.92 Å². The van der Waals surface area contributed by atoms with E-state index in [0.717, 1.165) is 24.0 Å². The Morgan fingerprint density at radius 1 is 1.36 bits per heavy atom. The van der Waals surface area contributed by atoms with E-state index in [4.69, 9.17) is 8.94 Å². The molecule has 3 aromatic rings. The van der Waals surface area contributed by atoms with Gasteiger partial charge in [-0.3, -0.25) is 4.79 Å². The second-order valence-electron chi connectivity index (χ2n) is 6.10. The highest BCUT2D eigenvalue weighted by Gasteiger charge is 2.26. The number of nitrogens with one attached hydrogen (secondary N) is 1. The summed E-state index contributed by atoms with van der Waals surface area (Å²) in [6.45, 7) is 3.69. The molecule has 4 rings (SSSR count). The lowest BCUT2D eigenvalue weighted by Crippen LogP contribution is -2.27. The van der Waals surface area contributed by atoms with E-state index >= 15 is 0 Å². The lowest BCUT2D eigenvalue weighted by atomic mass is 10.0. The molecule has 0 aliphatic heterocycles. The zero-order chi connectivity index (χ0) is 17.4. The van der Waals surface area contributed by atoms with Gasteiger partial charge in [0.15, 0.2) is 11.6 Å². The Morgan fingerprint density at radius 3 is 2.96 bits per heavy atom. The molecule has 1 amide bonds. The van der Waals surface area contributed by atoms with Crippen LogP contribution in [0.5, 0.6) is 0 Å². The van der Waals surface area contributed by atoms with E-state index in [1.54, 1.807) is 6.92 Å². The number of hydrogen-bond donors (Lipinski definition) is 1. The van der Waals surface area contributed by atoms with Gasteiger partial charge in [0.2, 0.25) is 11.7 Å². The van der Waals surface area contributed by atoms with Crippen LogP contribution < -0.4 is 5.32 Å². The van der Waals surface area contributed by atoms with Crippen LogP contribution in [0.15, 0.2) is 33.4 Å². The highest BCUT2D eigenvalue weighted by molar-refractivity contribution is 5.92. The highest BCUT2D eigenvalue weighted by atomic mass is 16.5. The highest BCUT2D eigenvalue weighted by Crippen LogP contribution is 2.33. The molecule has 0 spiro atoms. The molecule has 1 aliphatic carbocycles. The van der Waals surface area contributed by atoms with Crippen LogP contribution in [-0.4, -0.2) is 21.0 Å². The molecule has 1 aliphatic rings. The molecule has 0 saturated heterocycles. The number of fused-ring (bicyclic) bond motifs is 1. The summed E-state index contributed by atoms with van der Waals surface area (Å²) in [4.78, 5) is 20.7. The van der Waals surface area contributed by atoms with Crippen LogP contribution in [0.2, 0.25) is 0 Å². The monoisotopic (exact) mass is 338 g/mol. The molecule has 128 valence electrons. The van der Waals surface area contributed by atoms with Gasteiger partial charge in [0.1, 0.15) is 6.26 Å². The molecule has 2 heterocycles. The van der Waals surface area contributed by atoms with E-state index in [9.17, 15) is 4.79 Å². The predicted molar refractivity (Wildman–Crippen MR) is 88.9 cm³/mol. The van der Waals surface area contributed by atoms with Crippen molar-refractivity contribution < 1.29 is 13.7 Å². The first kappa shape index (κ1) is 15.6. The third kappa shape index (κ3) is 2.93. The number of carbonyl (C=O) groups is 1. The Balaban J connectivity index is 1.54. The van der Waals surface area contributed by atoms with Crippen molar-refractivity contribution in [1.82, 2.24) is 20.4 Å². The molecule has 1 aromatic carbocycles. The molecular weight excluding hydrogens is 320 g/mol. The molecular formula is C18H18N4O3. The van der Waals surface area contributed by atoms with E-state index in [1.165, 1.54) is 11.8 Å². The summed E-state index contributed by atoms with van der Waals surface area (Å²) in [5, 5.41) is 7.04. The van der Waals surface area contributed by atoms with E-state index < -0.39 is 0 Å². The molecule has 7 heteroatoms. The normalized spacial score (nSPS) is 16.0. The second kappa shape index (κ2) is 6.16. The Kier molecular flexibility index (Phi) is 3.83. The maximum Gasteiger partial charge on any atom is 0.273 e. The zero-order valence-electron chi connectivity index (χ0n) is 14.1. The number of rotatable bonds is 4. The third-order valence-corrected chi connectivity index (χ3v) is 4.41. The summed E-state index contributed by atoms with van der Waals surface area (Å²) in [6.07, 6.45) is 3.84. The van der Waals surface area contributed by atoms with E-state index in [0.29, 0.717) is 29.7 Å². The van der Waals surface area contributed by atoms with Crippen LogP contribution in [0.3, 0.4) is 0 Å². The van der Waals surface area contributed by atoms with Gasteiger partial charge in [-0.05, 0) is 30.0 Å². The van der Waals surface area contributed by atoms with Gasteiger partial charge < -0.3 is 14.3 Å². The molecule has 0 radical (unpaired) electrons. The number of carbonyl (C=O) groups excluding carboxylic acids is 1. The summed E-state index contributed by atoms with van der Waals surface area (Å²) in [6, 6.07) is 6.04. The number of hydrogen-bond acceptors (Lipinski definition) is 6. The topological polar surface area (TPSA) is 94.1 Å².